The van der Waals surface area contributed by atoms with Crippen LogP contribution < -0.4 is 0 Å². The number of aromatic nitrogens is 1. The maximum atomic E-state index is 10.5. The fourth-order valence-corrected chi connectivity index (χ4v) is 1.70. The van der Waals surface area contributed by atoms with E-state index in [1.807, 2.05) is 6.07 Å². The number of thioether (sulfide) groups is 1. The van der Waals surface area contributed by atoms with Gasteiger partial charge in [-0.15, -0.1) is 11.8 Å². The van der Waals surface area contributed by atoms with Gasteiger partial charge in [0.25, 0.3) is 0 Å². The molecule has 0 aliphatic carbocycles. The number of carboxylic acids is 1. The lowest BCUT2D eigenvalue weighted by molar-refractivity contribution is -0.140. The molecule has 0 aromatic carbocycles. The molecule has 1 heterocycles. The smallest absolute Gasteiger partial charge is 0.307 e. The summed E-state index contributed by atoms with van der Waals surface area (Å²) in [6, 6.07) is 5.31. The molecule has 0 aliphatic rings. The van der Waals surface area contributed by atoms with Crippen LogP contribution in [0.2, 0.25) is 0 Å². The molecule has 0 radical (unpaired) electrons. The van der Waals surface area contributed by atoms with Crippen molar-refractivity contribution < 1.29 is 9.90 Å². The first-order valence-corrected chi connectivity index (χ1v) is 5.34. The van der Waals surface area contributed by atoms with E-state index in [9.17, 15) is 4.79 Å². The van der Waals surface area contributed by atoms with Crippen LogP contribution in [0.15, 0.2) is 23.2 Å². The molecule has 1 aromatic rings. The summed E-state index contributed by atoms with van der Waals surface area (Å²) in [5.74, 6) is -0.683. The lowest BCUT2D eigenvalue weighted by atomic mass is 10.2. The Labute approximate surface area is 91.9 Å². The molecule has 1 N–H and O–H groups in total. The van der Waals surface area contributed by atoms with Gasteiger partial charge < -0.3 is 5.11 Å². The molecule has 1 atom stereocenters. The summed E-state index contributed by atoms with van der Waals surface area (Å²) in [5, 5.41) is 17.2. The maximum absolute atomic E-state index is 10.5. The fraction of sp³-hybridized carbons (Fsp3) is 0.300. The molecule has 5 heteroatoms. The Hall–Kier alpha value is -1.54. The topological polar surface area (TPSA) is 74.0 Å². The van der Waals surface area contributed by atoms with Crippen molar-refractivity contribution in [3.63, 3.8) is 0 Å². The van der Waals surface area contributed by atoms with Crippen LogP contribution in [0, 0.1) is 17.2 Å². The Balaban J connectivity index is 2.52. The van der Waals surface area contributed by atoms with Crippen LogP contribution in [0.1, 0.15) is 12.6 Å². The molecule has 78 valence electrons. The predicted octanol–water partition coefficient (Wildman–Crippen LogP) is 1.77. The highest BCUT2D eigenvalue weighted by molar-refractivity contribution is 7.99. The summed E-state index contributed by atoms with van der Waals surface area (Å²) in [6.07, 6.45) is 1.58. The molecule has 1 rings (SSSR count). The normalized spacial score (nSPS) is 11.7. The SMILES string of the molecule is CC(CSc1ccc(C#N)nc1)C(=O)O. The van der Waals surface area contributed by atoms with E-state index in [0.29, 0.717) is 11.4 Å². The molecule has 1 unspecified atom stereocenters. The van der Waals surface area contributed by atoms with E-state index < -0.39 is 5.97 Å². The van der Waals surface area contributed by atoms with Crippen LogP contribution >= 0.6 is 11.8 Å². The Kier molecular flexibility index (Phi) is 4.13. The molecule has 0 bridgehead atoms. The van der Waals surface area contributed by atoms with E-state index >= 15 is 0 Å². The van der Waals surface area contributed by atoms with Crippen molar-refractivity contribution in [3.8, 4) is 6.07 Å². The van der Waals surface area contributed by atoms with Gasteiger partial charge in [-0.1, -0.05) is 6.92 Å². The Bertz CT molecular complexity index is 383. The summed E-state index contributed by atoms with van der Waals surface area (Å²) in [4.78, 5) is 15.3. The number of nitrogens with zero attached hydrogens (tertiary/aromatic N) is 2. The third-order valence-corrected chi connectivity index (χ3v) is 3.01. The molecular weight excluding hydrogens is 212 g/mol. The molecule has 1 aromatic heterocycles. The summed E-state index contributed by atoms with van der Waals surface area (Å²) < 4.78 is 0. The monoisotopic (exact) mass is 222 g/mol. The summed E-state index contributed by atoms with van der Waals surface area (Å²) in [5.41, 5.74) is 0.366. The quantitative estimate of drug-likeness (QED) is 0.786. The van der Waals surface area contributed by atoms with Crippen LogP contribution in [0.4, 0.5) is 0 Å². The largest absolute Gasteiger partial charge is 0.481 e. The van der Waals surface area contributed by atoms with E-state index in [4.69, 9.17) is 10.4 Å². The van der Waals surface area contributed by atoms with Gasteiger partial charge in [-0.25, -0.2) is 4.98 Å². The highest BCUT2D eigenvalue weighted by Crippen LogP contribution is 2.19. The van der Waals surface area contributed by atoms with Crippen molar-refractivity contribution in [3.05, 3.63) is 24.0 Å². The zero-order chi connectivity index (χ0) is 11.3. The van der Waals surface area contributed by atoms with E-state index in [1.165, 1.54) is 11.8 Å². The van der Waals surface area contributed by atoms with E-state index in [2.05, 4.69) is 4.98 Å². The summed E-state index contributed by atoms with van der Waals surface area (Å²) in [6.45, 7) is 1.66. The molecular formula is C10H10N2O2S. The van der Waals surface area contributed by atoms with E-state index in [0.717, 1.165) is 4.90 Å². The molecule has 0 saturated heterocycles. The lowest BCUT2D eigenvalue weighted by Crippen LogP contribution is -2.11. The molecule has 0 aliphatic heterocycles. The molecule has 0 saturated carbocycles. The predicted molar refractivity (Wildman–Crippen MR) is 56.5 cm³/mol. The minimum absolute atomic E-state index is 0.366. The average Bonchev–Trinajstić information content (AvgIpc) is 2.26. The molecule has 0 spiro atoms. The van der Waals surface area contributed by atoms with Crippen LogP contribution in [-0.4, -0.2) is 21.8 Å². The van der Waals surface area contributed by atoms with Crippen LogP contribution in [0.5, 0.6) is 0 Å². The van der Waals surface area contributed by atoms with Crippen LogP contribution in [-0.2, 0) is 4.79 Å². The van der Waals surface area contributed by atoms with Gasteiger partial charge in [-0.3, -0.25) is 4.79 Å². The van der Waals surface area contributed by atoms with Gasteiger partial charge in [-0.05, 0) is 12.1 Å². The van der Waals surface area contributed by atoms with Crippen molar-refractivity contribution >= 4 is 17.7 Å². The number of carbonyl (C=O) groups is 1. The summed E-state index contributed by atoms with van der Waals surface area (Å²) in [7, 11) is 0. The van der Waals surface area contributed by atoms with Gasteiger partial charge >= 0.3 is 5.97 Å². The highest BCUT2D eigenvalue weighted by Gasteiger charge is 2.10. The number of rotatable bonds is 4. The Morgan fingerprint density at radius 2 is 2.47 bits per heavy atom. The standard InChI is InChI=1S/C10H10N2O2S/c1-7(10(13)14)6-15-9-3-2-8(4-11)12-5-9/h2-3,5,7H,6H2,1H3,(H,13,14). The molecule has 0 amide bonds. The third-order valence-electron chi connectivity index (χ3n) is 1.77. The Morgan fingerprint density at radius 1 is 1.73 bits per heavy atom. The van der Waals surface area contributed by atoms with Crippen LogP contribution in [0.3, 0.4) is 0 Å². The highest BCUT2D eigenvalue weighted by atomic mass is 32.2. The number of hydrogen-bond acceptors (Lipinski definition) is 4. The number of carboxylic acid groups (broad SMARTS) is 1. The van der Waals surface area contributed by atoms with Gasteiger partial charge in [0.2, 0.25) is 0 Å². The lowest BCUT2D eigenvalue weighted by Gasteiger charge is -2.04. The number of hydrogen-bond donors (Lipinski definition) is 1. The van der Waals surface area contributed by atoms with Crippen molar-refractivity contribution in [1.29, 1.82) is 5.26 Å². The second-order valence-corrected chi connectivity index (χ2v) is 4.13. The zero-order valence-corrected chi connectivity index (χ0v) is 8.99. The van der Waals surface area contributed by atoms with Crippen molar-refractivity contribution in [2.75, 3.05) is 5.75 Å². The van der Waals surface area contributed by atoms with Crippen molar-refractivity contribution in [2.45, 2.75) is 11.8 Å². The van der Waals surface area contributed by atoms with E-state index in [-0.39, 0.29) is 5.92 Å². The summed E-state index contributed by atoms with van der Waals surface area (Å²) >= 11 is 1.42. The number of pyridine rings is 1. The van der Waals surface area contributed by atoms with Crippen molar-refractivity contribution in [2.24, 2.45) is 5.92 Å². The fourth-order valence-electron chi connectivity index (χ4n) is 0.824. The van der Waals surface area contributed by atoms with Gasteiger partial charge in [0, 0.05) is 16.8 Å². The second-order valence-electron chi connectivity index (χ2n) is 3.04. The van der Waals surface area contributed by atoms with Gasteiger partial charge in [0.1, 0.15) is 11.8 Å². The van der Waals surface area contributed by atoms with Gasteiger partial charge in [0.15, 0.2) is 0 Å². The van der Waals surface area contributed by atoms with Gasteiger partial charge in [-0.2, -0.15) is 5.26 Å². The third kappa shape index (κ3) is 3.60. The molecule has 15 heavy (non-hydrogen) atoms. The first-order valence-electron chi connectivity index (χ1n) is 4.35. The Morgan fingerprint density at radius 3 is 2.93 bits per heavy atom. The van der Waals surface area contributed by atoms with E-state index in [1.54, 1.807) is 25.3 Å². The first kappa shape index (κ1) is 11.5. The first-order chi connectivity index (χ1) is 7.13. The zero-order valence-electron chi connectivity index (χ0n) is 8.17. The minimum Gasteiger partial charge on any atom is -0.481 e. The van der Waals surface area contributed by atoms with Crippen molar-refractivity contribution in [1.82, 2.24) is 4.98 Å². The molecule has 4 nitrogen and oxygen atoms in total. The maximum Gasteiger partial charge on any atom is 0.307 e. The van der Waals surface area contributed by atoms with Crippen LogP contribution in [0.25, 0.3) is 0 Å². The second kappa shape index (κ2) is 5.37. The minimum atomic E-state index is -0.802. The number of aliphatic carboxylic acids is 1. The number of nitriles is 1. The van der Waals surface area contributed by atoms with Gasteiger partial charge in [0.05, 0.1) is 5.92 Å². The molecule has 0 fully saturated rings. The average molecular weight is 222 g/mol.